The van der Waals surface area contributed by atoms with Gasteiger partial charge in [0.2, 0.25) is 0 Å². The molecule has 0 saturated carbocycles. The SMILES string of the molecule is COc1cc([N+](=O)[O-])ccc1NC(=O)c1c(C)nn(C)c1C. The second-order valence-electron chi connectivity index (χ2n) is 4.77. The molecule has 0 spiro atoms. The lowest BCUT2D eigenvalue weighted by atomic mass is 10.1. The van der Waals surface area contributed by atoms with Crippen LogP contribution in [0.15, 0.2) is 18.2 Å². The third kappa shape index (κ3) is 2.76. The molecule has 0 aliphatic heterocycles. The van der Waals surface area contributed by atoms with Crippen molar-refractivity contribution in [2.75, 3.05) is 12.4 Å². The van der Waals surface area contributed by atoms with Crippen molar-refractivity contribution < 1.29 is 14.5 Å². The van der Waals surface area contributed by atoms with Gasteiger partial charge in [0.1, 0.15) is 5.75 Å². The fourth-order valence-electron chi connectivity index (χ4n) is 2.18. The Kier molecular flexibility index (Phi) is 4.11. The quantitative estimate of drug-likeness (QED) is 0.689. The number of aromatic nitrogens is 2. The predicted molar refractivity (Wildman–Crippen MR) is 80.3 cm³/mol. The monoisotopic (exact) mass is 304 g/mol. The summed E-state index contributed by atoms with van der Waals surface area (Å²) < 4.78 is 6.72. The van der Waals surface area contributed by atoms with Crippen LogP contribution in [0.25, 0.3) is 0 Å². The van der Waals surface area contributed by atoms with E-state index in [1.54, 1.807) is 25.6 Å². The van der Waals surface area contributed by atoms with Crippen LogP contribution in [0.4, 0.5) is 11.4 Å². The molecule has 0 saturated heterocycles. The van der Waals surface area contributed by atoms with Crippen molar-refractivity contribution in [3.63, 3.8) is 0 Å². The number of ether oxygens (including phenoxy) is 1. The number of hydrogen-bond donors (Lipinski definition) is 1. The number of hydrogen-bond acceptors (Lipinski definition) is 5. The normalized spacial score (nSPS) is 10.4. The molecule has 1 N–H and O–H groups in total. The first-order valence-corrected chi connectivity index (χ1v) is 6.49. The summed E-state index contributed by atoms with van der Waals surface area (Å²) in [6.45, 7) is 3.54. The first-order valence-electron chi connectivity index (χ1n) is 6.49. The molecule has 0 aliphatic carbocycles. The third-order valence-corrected chi connectivity index (χ3v) is 3.38. The van der Waals surface area contributed by atoms with Crippen molar-refractivity contribution in [2.45, 2.75) is 13.8 Å². The minimum Gasteiger partial charge on any atom is -0.494 e. The highest BCUT2D eigenvalue weighted by atomic mass is 16.6. The van der Waals surface area contributed by atoms with Crippen molar-refractivity contribution in [1.82, 2.24) is 9.78 Å². The molecule has 8 nitrogen and oxygen atoms in total. The largest absolute Gasteiger partial charge is 0.494 e. The lowest BCUT2D eigenvalue weighted by Gasteiger charge is -2.10. The van der Waals surface area contributed by atoms with E-state index in [1.807, 2.05) is 0 Å². The minimum atomic E-state index is -0.524. The summed E-state index contributed by atoms with van der Waals surface area (Å²) in [6.07, 6.45) is 0. The van der Waals surface area contributed by atoms with Gasteiger partial charge in [-0.3, -0.25) is 19.6 Å². The summed E-state index contributed by atoms with van der Waals surface area (Å²) in [5.74, 6) is -0.114. The van der Waals surface area contributed by atoms with Gasteiger partial charge >= 0.3 is 0 Å². The molecule has 0 atom stereocenters. The average molecular weight is 304 g/mol. The molecule has 0 fully saturated rings. The Morgan fingerprint density at radius 3 is 2.59 bits per heavy atom. The number of nitro benzene ring substituents is 1. The molecule has 0 aliphatic rings. The zero-order valence-electron chi connectivity index (χ0n) is 12.7. The van der Waals surface area contributed by atoms with Gasteiger partial charge in [0.25, 0.3) is 11.6 Å². The topological polar surface area (TPSA) is 99.3 Å². The molecule has 1 heterocycles. The molecule has 2 aromatic rings. The van der Waals surface area contributed by atoms with Gasteiger partial charge in [0.15, 0.2) is 0 Å². The molecular weight excluding hydrogens is 288 g/mol. The van der Waals surface area contributed by atoms with Crippen LogP contribution < -0.4 is 10.1 Å². The number of benzene rings is 1. The first-order chi connectivity index (χ1) is 10.3. The van der Waals surface area contributed by atoms with Gasteiger partial charge in [0.05, 0.1) is 35.0 Å². The smallest absolute Gasteiger partial charge is 0.273 e. The van der Waals surface area contributed by atoms with E-state index in [-0.39, 0.29) is 17.3 Å². The fourth-order valence-corrected chi connectivity index (χ4v) is 2.18. The van der Waals surface area contributed by atoms with Crippen LogP contribution in [0.2, 0.25) is 0 Å². The fraction of sp³-hybridized carbons (Fsp3) is 0.286. The third-order valence-electron chi connectivity index (χ3n) is 3.38. The Labute approximate surface area is 126 Å². The number of methoxy groups -OCH3 is 1. The number of anilines is 1. The Morgan fingerprint density at radius 2 is 2.09 bits per heavy atom. The molecule has 2 rings (SSSR count). The molecule has 22 heavy (non-hydrogen) atoms. The zero-order valence-corrected chi connectivity index (χ0v) is 12.7. The summed E-state index contributed by atoms with van der Waals surface area (Å²) in [5.41, 5.74) is 2.07. The van der Waals surface area contributed by atoms with E-state index in [0.29, 0.717) is 16.9 Å². The predicted octanol–water partition coefficient (Wildman–Crippen LogP) is 2.21. The summed E-state index contributed by atoms with van der Waals surface area (Å²) in [7, 11) is 3.14. The maximum Gasteiger partial charge on any atom is 0.273 e. The molecule has 8 heteroatoms. The number of nitro groups is 1. The Bertz CT molecular complexity index is 752. The van der Waals surface area contributed by atoms with Crippen molar-refractivity contribution in [2.24, 2.45) is 7.05 Å². The number of nitrogens with zero attached hydrogens (tertiary/aromatic N) is 3. The molecule has 0 bridgehead atoms. The second kappa shape index (κ2) is 5.84. The van der Waals surface area contributed by atoms with Crippen LogP contribution in [0.1, 0.15) is 21.7 Å². The van der Waals surface area contributed by atoms with Crippen LogP contribution in [0.5, 0.6) is 5.75 Å². The molecule has 1 amide bonds. The van der Waals surface area contributed by atoms with E-state index in [4.69, 9.17) is 4.74 Å². The van der Waals surface area contributed by atoms with Crippen LogP contribution in [-0.2, 0) is 7.05 Å². The summed E-state index contributed by atoms with van der Waals surface area (Å²) in [4.78, 5) is 22.6. The van der Waals surface area contributed by atoms with E-state index >= 15 is 0 Å². The van der Waals surface area contributed by atoms with Crippen LogP contribution in [-0.4, -0.2) is 27.7 Å². The Morgan fingerprint density at radius 1 is 1.41 bits per heavy atom. The first kappa shape index (κ1) is 15.5. The van der Waals surface area contributed by atoms with E-state index < -0.39 is 4.92 Å². The maximum absolute atomic E-state index is 12.4. The van der Waals surface area contributed by atoms with Gasteiger partial charge in [-0.25, -0.2) is 0 Å². The van der Waals surface area contributed by atoms with Gasteiger partial charge in [-0.15, -0.1) is 0 Å². The maximum atomic E-state index is 12.4. The van der Waals surface area contributed by atoms with E-state index in [1.165, 1.54) is 25.3 Å². The van der Waals surface area contributed by atoms with Gasteiger partial charge in [0, 0.05) is 18.8 Å². The van der Waals surface area contributed by atoms with E-state index in [9.17, 15) is 14.9 Å². The van der Waals surface area contributed by atoms with Crippen molar-refractivity contribution in [3.05, 3.63) is 45.3 Å². The highest BCUT2D eigenvalue weighted by Crippen LogP contribution is 2.29. The standard InChI is InChI=1S/C14H16N4O4/c1-8-13(9(2)17(3)16-8)14(19)15-11-6-5-10(18(20)21)7-12(11)22-4/h5-7H,1-4H3,(H,15,19). The van der Waals surface area contributed by atoms with Crippen molar-refractivity contribution >= 4 is 17.3 Å². The Hall–Kier alpha value is -2.90. The Balaban J connectivity index is 2.34. The average Bonchev–Trinajstić information content (AvgIpc) is 2.72. The number of non-ortho nitro benzene ring substituents is 1. The lowest BCUT2D eigenvalue weighted by molar-refractivity contribution is -0.384. The highest BCUT2D eigenvalue weighted by molar-refractivity contribution is 6.06. The molecule has 1 aromatic heterocycles. The van der Waals surface area contributed by atoms with Gasteiger partial charge in [-0.2, -0.15) is 5.10 Å². The summed E-state index contributed by atoms with van der Waals surface area (Å²) in [6, 6.07) is 4.01. The number of carbonyl (C=O) groups excluding carboxylic acids is 1. The lowest BCUT2D eigenvalue weighted by Crippen LogP contribution is -2.14. The molecule has 1 aromatic carbocycles. The van der Waals surface area contributed by atoms with Crippen LogP contribution >= 0.6 is 0 Å². The van der Waals surface area contributed by atoms with Crippen molar-refractivity contribution in [1.29, 1.82) is 0 Å². The van der Waals surface area contributed by atoms with Gasteiger partial charge in [-0.05, 0) is 19.9 Å². The number of aryl methyl sites for hydroxylation is 2. The zero-order chi connectivity index (χ0) is 16.4. The molecular formula is C14H16N4O4. The summed E-state index contributed by atoms with van der Waals surface area (Å²) >= 11 is 0. The van der Waals surface area contributed by atoms with Crippen LogP contribution in [0, 0.1) is 24.0 Å². The van der Waals surface area contributed by atoms with E-state index in [2.05, 4.69) is 10.4 Å². The minimum absolute atomic E-state index is 0.108. The molecule has 116 valence electrons. The number of amides is 1. The molecule has 0 radical (unpaired) electrons. The van der Waals surface area contributed by atoms with E-state index in [0.717, 1.165) is 5.69 Å². The number of rotatable bonds is 4. The number of nitrogens with one attached hydrogen (secondary N) is 1. The number of carbonyl (C=O) groups is 1. The van der Waals surface area contributed by atoms with Gasteiger partial charge < -0.3 is 10.1 Å². The molecule has 0 unspecified atom stereocenters. The van der Waals surface area contributed by atoms with Crippen LogP contribution in [0.3, 0.4) is 0 Å². The second-order valence-corrected chi connectivity index (χ2v) is 4.77. The van der Waals surface area contributed by atoms with Crippen molar-refractivity contribution in [3.8, 4) is 5.75 Å². The van der Waals surface area contributed by atoms with Gasteiger partial charge in [-0.1, -0.05) is 0 Å². The highest BCUT2D eigenvalue weighted by Gasteiger charge is 2.19. The summed E-state index contributed by atoms with van der Waals surface area (Å²) in [5, 5.41) is 17.7.